The Kier molecular flexibility index (Phi) is 4.24. The summed E-state index contributed by atoms with van der Waals surface area (Å²) in [7, 11) is 0. The van der Waals surface area contributed by atoms with Crippen LogP contribution in [0.2, 0.25) is 0 Å². The van der Waals surface area contributed by atoms with Crippen molar-refractivity contribution in [1.82, 2.24) is 4.90 Å². The van der Waals surface area contributed by atoms with Gasteiger partial charge in [0.2, 0.25) is 11.2 Å². The number of aliphatic hydroxyl groups is 1. The predicted octanol–water partition coefficient (Wildman–Crippen LogP) is 0.447. The molecule has 19 heavy (non-hydrogen) atoms. The largest absolute Gasteiger partial charge is 0.502 e. The molecule has 2 N–H and O–H groups in total. The van der Waals surface area contributed by atoms with E-state index in [-0.39, 0.29) is 36.1 Å². The number of rotatable bonds is 3. The second-order valence-electron chi connectivity index (χ2n) is 4.96. The van der Waals surface area contributed by atoms with Crippen molar-refractivity contribution in [2.24, 2.45) is 0 Å². The zero-order valence-electron chi connectivity index (χ0n) is 11.1. The normalized spacial score (nSPS) is 24.6. The molecule has 1 aliphatic rings. The Morgan fingerprint density at radius 2 is 2.00 bits per heavy atom. The molecule has 6 heteroatoms. The molecule has 0 aromatic carbocycles. The molecule has 1 aromatic heterocycles. The number of aliphatic hydroxyl groups excluding tert-OH is 1. The van der Waals surface area contributed by atoms with Gasteiger partial charge in [-0.15, -0.1) is 0 Å². The van der Waals surface area contributed by atoms with Crippen molar-refractivity contribution < 1.29 is 19.4 Å². The highest BCUT2D eigenvalue weighted by molar-refractivity contribution is 5.24. The summed E-state index contributed by atoms with van der Waals surface area (Å²) >= 11 is 0. The fourth-order valence-electron chi connectivity index (χ4n) is 2.39. The number of morpholine rings is 1. The average Bonchev–Trinajstić information content (AvgIpc) is 2.33. The minimum absolute atomic E-state index is 0.0960. The van der Waals surface area contributed by atoms with Gasteiger partial charge in [0, 0.05) is 19.2 Å². The van der Waals surface area contributed by atoms with Crippen molar-refractivity contribution in [3.8, 4) is 5.75 Å². The van der Waals surface area contributed by atoms with Gasteiger partial charge in [-0.25, -0.2) is 0 Å². The number of hydrogen-bond acceptors (Lipinski definition) is 6. The van der Waals surface area contributed by atoms with Gasteiger partial charge in [0.1, 0.15) is 12.4 Å². The molecule has 1 saturated heterocycles. The number of ether oxygens (including phenoxy) is 1. The van der Waals surface area contributed by atoms with Gasteiger partial charge in [0.25, 0.3) is 0 Å². The molecule has 0 aliphatic carbocycles. The molecule has 0 unspecified atom stereocenters. The van der Waals surface area contributed by atoms with Crippen LogP contribution in [0.15, 0.2) is 15.3 Å². The third-order valence-corrected chi connectivity index (χ3v) is 3.06. The summed E-state index contributed by atoms with van der Waals surface area (Å²) in [5.41, 5.74) is -0.528. The van der Waals surface area contributed by atoms with Gasteiger partial charge in [0.05, 0.1) is 18.8 Å². The van der Waals surface area contributed by atoms with Crippen LogP contribution in [0.1, 0.15) is 25.4 Å². The van der Waals surface area contributed by atoms with Crippen LogP contribution in [0.4, 0.5) is 0 Å². The van der Waals surface area contributed by atoms with Crippen LogP contribution in [0.25, 0.3) is 0 Å². The Balaban J connectivity index is 2.18. The molecular formula is C13H19NO5. The zero-order valence-corrected chi connectivity index (χ0v) is 11.1. The lowest BCUT2D eigenvalue weighted by atomic mass is 10.2. The molecule has 2 heterocycles. The zero-order chi connectivity index (χ0) is 14.0. The van der Waals surface area contributed by atoms with Gasteiger partial charge >= 0.3 is 0 Å². The van der Waals surface area contributed by atoms with E-state index in [1.807, 2.05) is 13.8 Å². The van der Waals surface area contributed by atoms with E-state index in [2.05, 4.69) is 4.90 Å². The molecule has 0 spiro atoms. The van der Waals surface area contributed by atoms with Crippen LogP contribution in [0.3, 0.4) is 0 Å². The highest BCUT2D eigenvalue weighted by Crippen LogP contribution is 2.19. The third-order valence-electron chi connectivity index (χ3n) is 3.06. The summed E-state index contributed by atoms with van der Waals surface area (Å²) in [6, 6.07) is 1.10. The highest BCUT2D eigenvalue weighted by atomic mass is 16.5. The molecule has 2 atom stereocenters. The molecule has 0 saturated carbocycles. The van der Waals surface area contributed by atoms with Crippen LogP contribution in [-0.4, -0.2) is 40.4 Å². The Morgan fingerprint density at radius 1 is 1.37 bits per heavy atom. The Labute approximate surface area is 111 Å². The minimum atomic E-state index is -0.528. The SMILES string of the molecule is C[C@@H]1CN(Cc2oc(CO)cc(=O)c2O)C[C@@H](C)O1. The van der Waals surface area contributed by atoms with Crippen LogP contribution in [-0.2, 0) is 17.9 Å². The van der Waals surface area contributed by atoms with Crippen molar-refractivity contribution in [2.75, 3.05) is 13.1 Å². The minimum Gasteiger partial charge on any atom is -0.502 e. The molecule has 2 rings (SSSR count). The van der Waals surface area contributed by atoms with E-state index < -0.39 is 5.43 Å². The fraction of sp³-hybridized carbons (Fsp3) is 0.615. The lowest BCUT2D eigenvalue weighted by Gasteiger charge is -2.34. The van der Waals surface area contributed by atoms with Crippen LogP contribution < -0.4 is 5.43 Å². The summed E-state index contributed by atoms with van der Waals surface area (Å²) in [5.74, 6) is -0.0333. The monoisotopic (exact) mass is 269 g/mol. The van der Waals surface area contributed by atoms with Crippen molar-refractivity contribution in [2.45, 2.75) is 39.2 Å². The molecule has 1 fully saturated rings. The summed E-state index contributed by atoms with van der Waals surface area (Å²) in [6.45, 7) is 5.32. The first-order valence-electron chi connectivity index (χ1n) is 6.33. The number of nitrogens with zero attached hydrogens (tertiary/aromatic N) is 1. The van der Waals surface area contributed by atoms with Gasteiger partial charge in [-0.05, 0) is 13.8 Å². The van der Waals surface area contributed by atoms with Gasteiger partial charge in [0.15, 0.2) is 5.76 Å². The fourth-order valence-corrected chi connectivity index (χ4v) is 2.39. The van der Waals surface area contributed by atoms with E-state index >= 15 is 0 Å². The Hall–Kier alpha value is -1.37. The van der Waals surface area contributed by atoms with Gasteiger partial charge in [-0.1, -0.05) is 0 Å². The molecule has 1 aromatic rings. The van der Waals surface area contributed by atoms with Crippen molar-refractivity contribution in [3.05, 3.63) is 27.8 Å². The summed E-state index contributed by atoms with van der Waals surface area (Å²) in [4.78, 5) is 13.6. The summed E-state index contributed by atoms with van der Waals surface area (Å²) < 4.78 is 10.9. The van der Waals surface area contributed by atoms with E-state index in [0.29, 0.717) is 19.6 Å². The molecule has 106 valence electrons. The first kappa shape index (κ1) is 14.0. The maximum Gasteiger partial charge on any atom is 0.227 e. The molecule has 6 nitrogen and oxygen atoms in total. The quantitative estimate of drug-likeness (QED) is 0.829. The Morgan fingerprint density at radius 3 is 2.58 bits per heavy atom. The van der Waals surface area contributed by atoms with E-state index in [0.717, 1.165) is 6.07 Å². The van der Waals surface area contributed by atoms with Crippen LogP contribution in [0.5, 0.6) is 5.75 Å². The average molecular weight is 269 g/mol. The van der Waals surface area contributed by atoms with E-state index in [1.165, 1.54) is 0 Å². The van der Waals surface area contributed by atoms with Gasteiger partial charge < -0.3 is 19.4 Å². The van der Waals surface area contributed by atoms with E-state index in [9.17, 15) is 9.90 Å². The van der Waals surface area contributed by atoms with E-state index in [4.69, 9.17) is 14.3 Å². The van der Waals surface area contributed by atoms with E-state index in [1.54, 1.807) is 0 Å². The van der Waals surface area contributed by atoms with Crippen molar-refractivity contribution in [1.29, 1.82) is 0 Å². The molecule has 0 bridgehead atoms. The maximum absolute atomic E-state index is 11.5. The molecule has 0 amide bonds. The number of aromatic hydroxyl groups is 1. The lowest BCUT2D eigenvalue weighted by Crippen LogP contribution is -2.44. The Bertz CT molecular complexity index is 488. The highest BCUT2D eigenvalue weighted by Gasteiger charge is 2.24. The molecule has 0 radical (unpaired) electrons. The van der Waals surface area contributed by atoms with Gasteiger partial charge in [-0.2, -0.15) is 0 Å². The van der Waals surface area contributed by atoms with Gasteiger partial charge in [-0.3, -0.25) is 9.69 Å². The van der Waals surface area contributed by atoms with Crippen LogP contribution >= 0.6 is 0 Å². The summed E-state index contributed by atoms with van der Waals surface area (Å²) in [5, 5.41) is 18.8. The van der Waals surface area contributed by atoms with Crippen LogP contribution in [0, 0.1) is 0 Å². The van der Waals surface area contributed by atoms with Crippen molar-refractivity contribution >= 4 is 0 Å². The second-order valence-corrected chi connectivity index (χ2v) is 4.96. The summed E-state index contributed by atoms with van der Waals surface area (Å²) in [6.07, 6.45) is 0.192. The third kappa shape index (κ3) is 3.34. The van der Waals surface area contributed by atoms with Crippen molar-refractivity contribution in [3.63, 3.8) is 0 Å². The first-order chi connectivity index (χ1) is 8.99. The lowest BCUT2D eigenvalue weighted by molar-refractivity contribution is -0.0722. The topological polar surface area (TPSA) is 83.1 Å². The maximum atomic E-state index is 11.5. The molecule has 1 aliphatic heterocycles. The number of hydrogen-bond donors (Lipinski definition) is 2. The second kappa shape index (κ2) is 5.73. The standard InChI is InChI=1S/C13H19NO5/c1-8-4-14(5-9(2)18-8)6-12-13(17)11(16)3-10(7-15)19-12/h3,8-9,15,17H,4-7H2,1-2H3/t8-,9-/m1/s1. The molecular weight excluding hydrogens is 250 g/mol. The first-order valence-corrected chi connectivity index (χ1v) is 6.33. The smallest absolute Gasteiger partial charge is 0.227 e. The predicted molar refractivity (Wildman–Crippen MR) is 67.9 cm³/mol.